The third-order valence-corrected chi connectivity index (χ3v) is 2.85. The van der Waals surface area contributed by atoms with Crippen molar-refractivity contribution >= 4 is 62.0 Å². The molecular weight excluding hydrogens is 552 g/mol. The van der Waals surface area contributed by atoms with Gasteiger partial charge < -0.3 is 0 Å². The zero-order valence-electron chi connectivity index (χ0n) is 14.3. The van der Waals surface area contributed by atoms with Crippen molar-refractivity contribution in [3.63, 3.8) is 0 Å². The fraction of sp³-hybridized carbons (Fsp3) is 0.286. The molecule has 0 aliphatic rings. The average molecular weight is 578 g/mol. The minimum absolute atomic E-state index is 1.02. The van der Waals surface area contributed by atoms with E-state index in [1.807, 2.05) is 42.4 Å². The van der Waals surface area contributed by atoms with Crippen LogP contribution in [-0.2, 0) is 13.1 Å². The van der Waals surface area contributed by atoms with Gasteiger partial charge in [0.05, 0.1) is 0 Å². The molecule has 0 saturated carbocycles. The summed E-state index contributed by atoms with van der Waals surface area (Å²) in [6.07, 6.45) is 8.48. The van der Waals surface area contributed by atoms with Gasteiger partial charge in [0.15, 0.2) is 24.8 Å². The molecule has 0 radical (unpaired) electrons. The lowest BCUT2D eigenvalue weighted by molar-refractivity contribution is -0.693. The van der Waals surface area contributed by atoms with Crippen molar-refractivity contribution in [2.24, 2.45) is 0 Å². The van der Waals surface area contributed by atoms with Crippen LogP contribution in [0, 0.1) is 0 Å². The van der Waals surface area contributed by atoms with Crippen LogP contribution in [0.25, 0.3) is 11.1 Å². The highest BCUT2D eigenvalue weighted by Crippen LogP contribution is 2.15. The van der Waals surface area contributed by atoms with Gasteiger partial charge in [-0.3, -0.25) is 9.44 Å². The van der Waals surface area contributed by atoms with Crippen molar-refractivity contribution in [3.8, 4) is 11.1 Å². The number of aromatic nitrogens is 2. The quantitative estimate of drug-likeness (QED) is 0.294. The van der Waals surface area contributed by atoms with E-state index in [1.54, 1.807) is 0 Å². The molecule has 8 heteroatoms. The van der Waals surface area contributed by atoms with Crippen molar-refractivity contribution < 1.29 is 18.6 Å². The van der Waals surface area contributed by atoms with E-state index < -0.39 is 0 Å². The normalized spacial score (nSPS) is 8.73. The molecule has 2 rings (SSSR count). The molecule has 0 saturated heterocycles. The summed E-state index contributed by atoms with van der Waals surface area (Å²) in [5, 5.41) is 0. The molecule has 2 aromatic heterocycles. The number of nitrogens with zero attached hydrogens (tertiary/aromatic N) is 2. The van der Waals surface area contributed by atoms with Crippen LogP contribution in [0.5, 0.6) is 0 Å². The van der Waals surface area contributed by atoms with Crippen LogP contribution in [-0.4, -0.2) is 2.90 Å². The topological polar surface area (TPSA) is 7.76 Å². The molecule has 0 atom stereocenters. The number of hydrogen-bond acceptors (Lipinski definition) is 2. The van der Waals surface area contributed by atoms with Gasteiger partial charge in [-0.25, -0.2) is 9.13 Å². The van der Waals surface area contributed by atoms with Gasteiger partial charge in [0.25, 0.3) is 2.90 Å². The van der Waals surface area contributed by atoms with Gasteiger partial charge in [-0.15, -0.1) is 19.6 Å². The molecule has 0 bridgehead atoms. The standard InChI is InChI=1S/C14H18N2.2FH.2HIS/c1-3-15-9-5-13(6-10-15)14-7-11-16(4-2)12-8-14;;;2*1-2/h5-12H,3-4H2,1-2H3;2*1H;2*2H/q+2;;;;/i/hT2. The van der Waals surface area contributed by atoms with E-state index in [-0.39, 0.29) is 0 Å². The Hall–Kier alpha value is 0.320. The lowest BCUT2D eigenvalue weighted by Crippen LogP contribution is -2.31. The highest BCUT2D eigenvalue weighted by Gasteiger charge is 2.03. The fourth-order valence-electron chi connectivity index (χ4n) is 1.72. The Morgan fingerprint density at radius 1 is 0.773 bits per heavy atom. The van der Waals surface area contributed by atoms with Crippen LogP contribution in [0.4, 0.5) is 9.44 Å². The number of halogens is 4. The van der Waals surface area contributed by atoms with Crippen LogP contribution in [0.3, 0.4) is 0 Å². The maximum Gasteiger partial charge on any atom is 0.269 e. The van der Waals surface area contributed by atoms with Gasteiger partial charge >= 0.3 is 0 Å². The zero-order valence-corrected chi connectivity index (χ0v) is 18.4. The molecule has 0 N–H and O–H groups in total. The second-order valence-corrected chi connectivity index (χ2v) is 3.83. The van der Waals surface area contributed by atoms with E-state index in [0.29, 0.717) is 0 Å². The summed E-state index contributed by atoms with van der Waals surface area (Å²) in [6.45, 7) is 6.33. The first-order valence-electron chi connectivity index (χ1n) is 6.91. The lowest BCUT2D eigenvalue weighted by atomic mass is 10.1. The molecule has 2 nitrogen and oxygen atoms in total. The van der Waals surface area contributed by atoms with Gasteiger partial charge in [-0.05, 0) is 67.4 Å². The van der Waals surface area contributed by atoms with Crippen LogP contribution < -0.4 is 9.13 Å². The molecular formula is C14H22F2I2N2S2+2. The van der Waals surface area contributed by atoms with Crippen molar-refractivity contribution in [1.29, 1.82) is 2.90 Å². The minimum Gasteiger partial charge on any atom is -0.269 e. The Morgan fingerprint density at radius 3 is 1.18 bits per heavy atom. The summed E-state index contributed by atoms with van der Waals surface area (Å²) in [4.78, 5) is 0. The molecule has 0 aliphatic heterocycles. The van der Waals surface area contributed by atoms with E-state index in [4.69, 9.17) is 9.44 Å². The van der Waals surface area contributed by atoms with Crippen molar-refractivity contribution in [1.82, 2.24) is 0 Å². The van der Waals surface area contributed by atoms with Crippen molar-refractivity contribution in [3.05, 3.63) is 49.1 Å². The van der Waals surface area contributed by atoms with Crippen LogP contribution in [0.15, 0.2) is 49.1 Å². The van der Waals surface area contributed by atoms with Gasteiger partial charge in [0.1, 0.15) is 13.1 Å². The molecule has 22 heavy (non-hydrogen) atoms. The first-order chi connectivity index (χ1) is 11.8. The Kier molecular flexibility index (Phi) is 17.9. The highest BCUT2D eigenvalue weighted by molar-refractivity contribution is 14.2. The number of thiol groups is 2. The predicted octanol–water partition coefficient (Wildman–Crippen LogP) is 4.81. The molecule has 0 spiro atoms. The van der Waals surface area contributed by atoms with Gasteiger partial charge in [-0.1, -0.05) is 0 Å². The van der Waals surface area contributed by atoms with Crippen LogP contribution in [0.2, 0.25) is 0 Å². The van der Waals surface area contributed by atoms with E-state index in [1.165, 1.54) is 11.1 Å². The van der Waals surface area contributed by atoms with E-state index in [2.05, 4.69) is 94.5 Å². The number of hydrogen-bond donors (Lipinski definition) is 2. The minimum atomic E-state index is 1.02. The molecule has 2 heterocycles. The van der Waals surface area contributed by atoms with Gasteiger partial charge in [0.2, 0.25) is 0 Å². The monoisotopic (exact) mass is 578 g/mol. The molecule has 2 aromatic rings. The average Bonchev–Trinajstić information content (AvgIpc) is 2.74. The summed E-state index contributed by atoms with van der Waals surface area (Å²) in [5.41, 5.74) is 2.54. The number of rotatable bonds is 3. The second kappa shape index (κ2) is 17.7. The Morgan fingerprint density at radius 2 is 1.00 bits per heavy atom. The van der Waals surface area contributed by atoms with Crippen molar-refractivity contribution in [2.45, 2.75) is 26.9 Å². The summed E-state index contributed by atoms with van der Waals surface area (Å²) in [6, 6.07) is 8.65. The van der Waals surface area contributed by atoms with E-state index >= 15 is 0 Å². The fourth-order valence-corrected chi connectivity index (χ4v) is 1.72. The first-order valence-corrected chi connectivity index (χ1v) is 12.6. The van der Waals surface area contributed by atoms with Crippen molar-refractivity contribution in [2.75, 3.05) is 0 Å². The largest absolute Gasteiger partial charge is 0.269 e. The van der Waals surface area contributed by atoms with Crippen LogP contribution in [0.1, 0.15) is 13.8 Å². The molecule has 0 fully saturated rings. The third-order valence-electron chi connectivity index (χ3n) is 2.85. The summed E-state index contributed by atoms with van der Waals surface area (Å²) in [7, 11) is 7.00. The smallest absolute Gasteiger partial charge is 0.269 e. The predicted molar refractivity (Wildman–Crippen MR) is 115 cm³/mol. The van der Waals surface area contributed by atoms with Crippen LogP contribution >= 0.6 is 62.0 Å². The maximum absolute atomic E-state index is 8.75. The zero-order chi connectivity index (χ0) is 19.4. The number of aryl methyl sites for hydroxylation is 2. The number of pyridine rings is 2. The van der Waals surface area contributed by atoms with Gasteiger partial charge in [-0.2, -0.15) is 0 Å². The second-order valence-electron chi connectivity index (χ2n) is 3.83. The lowest BCUT2D eigenvalue weighted by Gasteiger charge is -1.99. The van der Waals surface area contributed by atoms with E-state index in [9.17, 15) is 0 Å². The maximum atomic E-state index is 8.75. The van der Waals surface area contributed by atoms with E-state index in [0.717, 1.165) is 13.1 Å². The molecule has 0 unspecified atom stereocenters. The Labute approximate surface area is 169 Å². The Balaban J connectivity index is -0.000000484. The molecule has 126 valence electrons. The SMILES string of the molecule is CC[n+]1ccc(-c2cc[n+](CC)cc2)cc1.SI.SI.[3H]F.[3H]F. The molecule has 0 aliphatic carbocycles. The third kappa shape index (κ3) is 9.46. The molecule has 0 amide bonds. The first kappa shape index (κ1) is 22.3. The summed E-state index contributed by atoms with van der Waals surface area (Å²) >= 11 is 3.69. The summed E-state index contributed by atoms with van der Waals surface area (Å²) < 4.78 is 30.3. The Bertz CT molecular complexity index is 436. The molecule has 0 aromatic carbocycles. The highest BCUT2D eigenvalue weighted by atomic mass is 127. The summed E-state index contributed by atoms with van der Waals surface area (Å²) in [5.74, 6) is 0. The van der Waals surface area contributed by atoms with Gasteiger partial charge in [0, 0.05) is 24.3 Å².